The van der Waals surface area contributed by atoms with Crippen LogP contribution in [0.1, 0.15) is 35.6 Å². The number of hydrogen-bond donors (Lipinski definition) is 1. The molecule has 25 heavy (non-hydrogen) atoms. The third kappa shape index (κ3) is 4.21. The highest BCUT2D eigenvalue weighted by molar-refractivity contribution is 5.86. The lowest BCUT2D eigenvalue weighted by atomic mass is 9.96. The molecule has 130 valence electrons. The Morgan fingerprint density at radius 1 is 1.00 bits per heavy atom. The summed E-state index contributed by atoms with van der Waals surface area (Å²) in [5, 5.41) is 6.18. The van der Waals surface area contributed by atoms with Crippen molar-refractivity contribution in [2.45, 2.75) is 32.2 Å². The molecule has 3 aromatic carbocycles. The quantitative estimate of drug-likeness (QED) is 0.621. The molecule has 0 aliphatic heterocycles. The van der Waals surface area contributed by atoms with Gasteiger partial charge in [-0.2, -0.15) is 0 Å². The van der Waals surface area contributed by atoms with E-state index in [1.807, 2.05) is 19.2 Å². The second-order valence-corrected chi connectivity index (χ2v) is 6.65. The van der Waals surface area contributed by atoms with Crippen LogP contribution in [-0.2, 0) is 6.42 Å². The van der Waals surface area contributed by atoms with Gasteiger partial charge in [0.25, 0.3) is 0 Å². The molecule has 0 fully saturated rings. The highest BCUT2D eigenvalue weighted by Crippen LogP contribution is 2.25. The van der Waals surface area contributed by atoms with Crippen LogP contribution in [0.4, 0.5) is 0 Å². The molecule has 0 heterocycles. The van der Waals surface area contributed by atoms with Crippen LogP contribution in [0.3, 0.4) is 0 Å². The van der Waals surface area contributed by atoms with Crippen LogP contribution in [0.25, 0.3) is 10.8 Å². The van der Waals surface area contributed by atoms with E-state index in [1.54, 1.807) is 7.11 Å². The first kappa shape index (κ1) is 17.5. The molecule has 0 saturated heterocycles. The van der Waals surface area contributed by atoms with Crippen LogP contribution < -0.4 is 10.1 Å². The maximum Gasteiger partial charge on any atom is 0.118 e. The van der Waals surface area contributed by atoms with Gasteiger partial charge < -0.3 is 10.1 Å². The largest absolute Gasteiger partial charge is 0.497 e. The smallest absolute Gasteiger partial charge is 0.118 e. The fourth-order valence-corrected chi connectivity index (χ4v) is 3.50. The van der Waals surface area contributed by atoms with Gasteiger partial charge in [0.1, 0.15) is 5.75 Å². The average molecular weight is 333 g/mol. The zero-order valence-corrected chi connectivity index (χ0v) is 15.4. The Balaban J connectivity index is 1.66. The van der Waals surface area contributed by atoms with Crippen molar-refractivity contribution >= 4 is 10.8 Å². The molecule has 0 amide bonds. The molecule has 0 radical (unpaired) electrons. The van der Waals surface area contributed by atoms with Gasteiger partial charge in [-0.25, -0.2) is 0 Å². The van der Waals surface area contributed by atoms with Gasteiger partial charge in [-0.15, -0.1) is 0 Å². The third-order valence-corrected chi connectivity index (χ3v) is 4.93. The second-order valence-electron chi connectivity index (χ2n) is 6.65. The van der Waals surface area contributed by atoms with Crippen molar-refractivity contribution in [3.8, 4) is 5.75 Å². The topological polar surface area (TPSA) is 21.3 Å². The van der Waals surface area contributed by atoms with Crippen molar-refractivity contribution in [1.29, 1.82) is 0 Å². The van der Waals surface area contributed by atoms with E-state index in [-0.39, 0.29) is 0 Å². The minimum atomic E-state index is 0.378. The van der Waals surface area contributed by atoms with Crippen molar-refractivity contribution < 1.29 is 4.74 Å². The molecule has 0 bridgehead atoms. The minimum Gasteiger partial charge on any atom is -0.497 e. The number of ether oxygens (including phenoxy) is 1. The van der Waals surface area contributed by atoms with Crippen LogP contribution in [0, 0.1) is 6.92 Å². The minimum absolute atomic E-state index is 0.378. The molecular weight excluding hydrogens is 306 g/mol. The Morgan fingerprint density at radius 3 is 2.52 bits per heavy atom. The Morgan fingerprint density at radius 2 is 1.80 bits per heavy atom. The number of benzene rings is 3. The van der Waals surface area contributed by atoms with E-state index in [0.717, 1.165) is 25.0 Å². The maximum absolute atomic E-state index is 5.25. The van der Waals surface area contributed by atoms with Gasteiger partial charge >= 0.3 is 0 Å². The number of aryl methyl sites for hydroxylation is 2. The second kappa shape index (κ2) is 8.17. The van der Waals surface area contributed by atoms with Crippen LogP contribution in [-0.4, -0.2) is 14.2 Å². The molecule has 0 aliphatic carbocycles. The van der Waals surface area contributed by atoms with Crippen molar-refractivity contribution in [2.75, 3.05) is 14.2 Å². The first-order valence-electron chi connectivity index (χ1n) is 9.00. The molecule has 0 spiro atoms. The fourth-order valence-electron chi connectivity index (χ4n) is 3.50. The highest BCUT2D eigenvalue weighted by atomic mass is 16.5. The Labute approximate surface area is 150 Å². The summed E-state index contributed by atoms with van der Waals surface area (Å²) in [6.07, 6.45) is 3.38. The summed E-state index contributed by atoms with van der Waals surface area (Å²) >= 11 is 0. The van der Waals surface area contributed by atoms with E-state index in [0.29, 0.717) is 6.04 Å². The molecule has 1 unspecified atom stereocenters. The van der Waals surface area contributed by atoms with Crippen LogP contribution >= 0.6 is 0 Å². The van der Waals surface area contributed by atoms with E-state index in [4.69, 9.17) is 4.74 Å². The average Bonchev–Trinajstić information content (AvgIpc) is 2.65. The summed E-state index contributed by atoms with van der Waals surface area (Å²) in [6, 6.07) is 22.1. The molecule has 3 aromatic rings. The number of fused-ring (bicyclic) bond motifs is 1. The lowest BCUT2D eigenvalue weighted by molar-refractivity contribution is 0.414. The molecule has 3 rings (SSSR count). The van der Waals surface area contributed by atoms with Gasteiger partial charge in [0.2, 0.25) is 0 Å². The van der Waals surface area contributed by atoms with Crippen LogP contribution in [0.5, 0.6) is 5.75 Å². The zero-order valence-electron chi connectivity index (χ0n) is 15.4. The predicted octanol–water partition coefficient (Wildman–Crippen LogP) is 5.44. The lowest BCUT2D eigenvalue weighted by Gasteiger charge is -2.17. The Bertz CT molecular complexity index is 823. The van der Waals surface area contributed by atoms with Crippen molar-refractivity contribution in [1.82, 2.24) is 5.32 Å². The summed E-state index contributed by atoms with van der Waals surface area (Å²) in [5.74, 6) is 0.907. The lowest BCUT2D eigenvalue weighted by Crippen LogP contribution is -2.16. The highest BCUT2D eigenvalue weighted by Gasteiger charge is 2.10. The summed E-state index contributed by atoms with van der Waals surface area (Å²) in [7, 11) is 3.74. The molecular formula is C23H27NO. The van der Waals surface area contributed by atoms with Gasteiger partial charge in [0, 0.05) is 6.04 Å². The summed E-state index contributed by atoms with van der Waals surface area (Å²) in [4.78, 5) is 0. The summed E-state index contributed by atoms with van der Waals surface area (Å²) in [5.41, 5.74) is 4.08. The molecule has 2 heteroatoms. The standard InChI is InChI=1S/C23H27NO/c1-17-10-15-22-18(6-4-8-20(22)16-17)7-5-9-23(24-2)19-11-13-21(25-3)14-12-19/h4,6,8,10-16,23-24H,5,7,9H2,1-3H3. The van der Waals surface area contributed by atoms with Gasteiger partial charge in [-0.1, -0.05) is 54.1 Å². The predicted molar refractivity (Wildman–Crippen MR) is 106 cm³/mol. The SMILES string of the molecule is CNC(CCCc1cccc2cc(C)ccc12)c1ccc(OC)cc1. The van der Waals surface area contributed by atoms with Crippen LogP contribution in [0.15, 0.2) is 60.7 Å². The van der Waals surface area contributed by atoms with Gasteiger partial charge in [0.15, 0.2) is 0 Å². The van der Waals surface area contributed by atoms with Gasteiger partial charge in [-0.3, -0.25) is 0 Å². The van der Waals surface area contributed by atoms with Gasteiger partial charge in [-0.05, 0) is 67.3 Å². The third-order valence-electron chi connectivity index (χ3n) is 4.93. The number of hydrogen-bond acceptors (Lipinski definition) is 2. The summed E-state index contributed by atoms with van der Waals surface area (Å²) < 4.78 is 5.25. The number of rotatable bonds is 7. The Hall–Kier alpha value is -2.32. The van der Waals surface area contributed by atoms with Crippen molar-refractivity contribution in [3.63, 3.8) is 0 Å². The molecule has 0 saturated carbocycles. The molecule has 1 atom stereocenters. The van der Waals surface area contributed by atoms with E-state index < -0.39 is 0 Å². The van der Waals surface area contributed by atoms with Crippen molar-refractivity contribution in [2.24, 2.45) is 0 Å². The normalized spacial score (nSPS) is 12.3. The van der Waals surface area contributed by atoms with Gasteiger partial charge in [0.05, 0.1) is 7.11 Å². The zero-order chi connectivity index (χ0) is 17.6. The fraction of sp³-hybridized carbons (Fsp3) is 0.304. The first-order valence-corrected chi connectivity index (χ1v) is 9.00. The molecule has 2 nitrogen and oxygen atoms in total. The number of nitrogens with one attached hydrogen (secondary N) is 1. The van der Waals surface area contributed by atoms with E-state index in [1.165, 1.54) is 27.5 Å². The van der Waals surface area contributed by atoms with E-state index >= 15 is 0 Å². The maximum atomic E-state index is 5.25. The monoisotopic (exact) mass is 333 g/mol. The number of methoxy groups -OCH3 is 1. The van der Waals surface area contributed by atoms with E-state index in [2.05, 4.69) is 60.8 Å². The molecule has 0 aromatic heterocycles. The van der Waals surface area contributed by atoms with Crippen molar-refractivity contribution in [3.05, 3.63) is 77.4 Å². The first-order chi connectivity index (χ1) is 12.2. The van der Waals surface area contributed by atoms with Crippen LogP contribution in [0.2, 0.25) is 0 Å². The Kier molecular flexibility index (Phi) is 5.72. The summed E-state index contributed by atoms with van der Waals surface area (Å²) in [6.45, 7) is 2.15. The molecule has 1 N–H and O–H groups in total. The van der Waals surface area contributed by atoms with E-state index in [9.17, 15) is 0 Å². The molecule has 0 aliphatic rings.